The van der Waals surface area contributed by atoms with Gasteiger partial charge in [-0.15, -0.1) is 0 Å². The summed E-state index contributed by atoms with van der Waals surface area (Å²) in [5, 5.41) is 9.60. The molecule has 0 aromatic heterocycles. The van der Waals surface area contributed by atoms with Crippen LogP contribution in [0.15, 0.2) is 54.6 Å². The van der Waals surface area contributed by atoms with Gasteiger partial charge in [-0.05, 0) is 31.0 Å². The zero-order valence-electron chi connectivity index (χ0n) is 13.8. The fourth-order valence-corrected chi connectivity index (χ4v) is 3.53. The molecule has 3 nitrogen and oxygen atoms in total. The average molecular weight is 357 g/mol. The second-order valence-corrected chi connectivity index (χ2v) is 6.43. The Hall–Kier alpha value is -2.94. The quantitative estimate of drug-likeness (QED) is 0.766. The van der Waals surface area contributed by atoms with Gasteiger partial charge in [0.15, 0.2) is 11.6 Å². The number of nitriles is 1. The lowest BCUT2D eigenvalue weighted by Gasteiger charge is -2.20. The molecule has 2 atom stereocenters. The number of carbonyl (C=O) groups is 2. The van der Waals surface area contributed by atoms with E-state index in [2.05, 4.69) is 0 Å². The number of benzene rings is 2. The van der Waals surface area contributed by atoms with E-state index in [9.17, 15) is 28.0 Å². The Kier molecular flexibility index (Phi) is 3.99. The Balaban J connectivity index is 2.14. The Morgan fingerprint density at radius 3 is 2.04 bits per heavy atom. The van der Waals surface area contributed by atoms with Crippen molar-refractivity contribution in [2.45, 2.75) is 24.9 Å². The van der Waals surface area contributed by atoms with Crippen LogP contribution in [-0.2, 0) is 16.4 Å². The molecule has 1 fully saturated rings. The summed E-state index contributed by atoms with van der Waals surface area (Å²) in [5.41, 5.74) is -3.31. The highest BCUT2D eigenvalue weighted by Gasteiger charge is 2.76. The van der Waals surface area contributed by atoms with E-state index in [0.717, 1.165) is 12.1 Å². The van der Waals surface area contributed by atoms with Crippen molar-refractivity contribution >= 4 is 11.6 Å². The van der Waals surface area contributed by atoms with Crippen LogP contribution in [0.4, 0.5) is 13.2 Å². The van der Waals surface area contributed by atoms with E-state index in [0.29, 0.717) is 5.56 Å². The molecule has 2 aromatic carbocycles. The molecule has 0 aliphatic heterocycles. The van der Waals surface area contributed by atoms with Crippen molar-refractivity contribution in [2.24, 2.45) is 5.41 Å². The van der Waals surface area contributed by atoms with Gasteiger partial charge < -0.3 is 0 Å². The summed E-state index contributed by atoms with van der Waals surface area (Å²) < 4.78 is 38.5. The number of ketones is 2. The minimum absolute atomic E-state index is 0.0368. The molecule has 0 bridgehead atoms. The Labute approximate surface area is 148 Å². The van der Waals surface area contributed by atoms with Gasteiger partial charge in [-0.2, -0.15) is 18.4 Å². The number of hydrogen-bond donors (Lipinski definition) is 0. The van der Waals surface area contributed by atoms with Crippen molar-refractivity contribution in [3.8, 4) is 6.07 Å². The molecule has 1 aliphatic carbocycles. The van der Waals surface area contributed by atoms with Gasteiger partial charge in [0.25, 0.3) is 0 Å². The van der Waals surface area contributed by atoms with E-state index < -0.39 is 34.1 Å². The lowest BCUT2D eigenvalue weighted by molar-refractivity contribution is -0.137. The van der Waals surface area contributed by atoms with Crippen LogP contribution >= 0.6 is 0 Å². The summed E-state index contributed by atoms with van der Waals surface area (Å²) in [5.74, 6) is -0.904. The normalized spacial score (nSPS) is 24.6. The minimum Gasteiger partial charge on any atom is -0.298 e. The number of Topliss-reactive ketones (excluding diaryl/α,β-unsaturated/α-hetero) is 2. The van der Waals surface area contributed by atoms with Crippen LogP contribution < -0.4 is 0 Å². The van der Waals surface area contributed by atoms with Gasteiger partial charge in [-0.1, -0.05) is 42.5 Å². The molecule has 1 saturated carbocycles. The third kappa shape index (κ3) is 2.43. The molecule has 0 amide bonds. The number of hydrogen-bond acceptors (Lipinski definition) is 3. The highest BCUT2D eigenvalue weighted by atomic mass is 19.4. The zero-order valence-corrected chi connectivity index (χ0v) is 13.8. The molecule has 0 spiro atoms. The van der Waals surface area contributed by atoms with Gasteiger partial charge >= 0.3 is 6.18 Å². The number of alkyl halides is 3. The number of nitrogens with zero attached hydrogens (tertiary/aromatic N) is 1. The largest absolute Gasteiger partial charge is 0.416 e. The summed E-state index contributed by atoms with van der Waals surface area (Å²) in [6.07, 6.45) is -4.55. The maximum Gasteiger partial charge on any atom is 0.416 e. The fraction of sp³-hybridized carbons (Fsp3) is 0.250. The average Bonchev–Trinajstić information content (AvgIpc) is 3.33. The molecule has 0 N–H and O–H groups in total. The second-order valence-electron chi connectivity index (χ2n) is 6.43. The number of carbonyl (C=O) groups excluding carboxylic acids is 2. The Morgan fingerprint density at radius 1 is 1.04 bits per heavy atom. The van der Waals surface area contributed by atoms with Gasteiger partial charge in [0, 0.05) is 5.56 Å². The van der Waals surface area contributed by atoms with E-state index in [1.807, 2.05) is 6.07 Å². The Bertz CT molecular complexity index is 913. The lowest BCUT2D eigenvalue weighted by atomic mass is 9.79. The van der Waals surface area contributed by atoms with Crippen LogP contribution in [-0.4, -0.2) is 11.6 Å². The van der Waals surface area contributed by atoms with Crippen molar-refractivity contribution in [2.75, 3.05) is 0 Å². The van der Waals surface area contributed by atoms with Crippen LogP contribution in [0.5, 0.6) is 0 Å². The van der Waals surface area contributed by atoms with Gasteiger partial charge in [0.05, 0.1) is 17.0 Å². The van der Waals surface area contributed by atoms with Gasteiger partial charge in [0.1, 0.15) is 5.41 Å². The first kappa shape index (κ1) is 17.9. The molecule has 0 saturated heterocycles. The predicted molar refractivity (Wildman–Crippen MR) is 87.2 cm³/mol. The first-order valence-corrected chi connectivity index (χ1v) is 7.89. The molecule has 0 heterocycles. The first-order chi connectivity index (χ1) is 12.2. The van der Waals surface area contributed by atoms with Crippen LogP contribution in [0.25, 0.3) is 0 Å². The second kappa shape index (κ2) is 5.80. The van der Waals surface area contributed by atoms with E-state index >= 15 is 0 Å². The van der Waals surface area contributed by atoms with Gasteiger partial charge in [-0.25, -0.2) is 0 Å². The molecule has 1 aliphatic rings. The monoisotopic (exact) mass is 357 g/mol. The van der Waals surface area contributed by atoms with Gasteiger partial charge in [0.2, 0.25) is 0 Å². The maximum absolute atomic E-state index is 13.2. The molecule has 2 aromatic rings. The van der Waals surface area contributed by atoms with Gasteiger partial charge in [-0.3, -0.25) is 9.59 Å². The molecule has 0 radical (unpaired) electrons. The molecule has 132 valence electrons. The molecular formula is C20H14F3NO2. The van der Waals surface area contributed by atoms with E-state index in [1.54, 1.807) is 30.3 Å². The molecule has 2 unspecified atom stereocenters. The summed E-state index contributed by atoms with van der Waals surface area (Å²) >= 11 is 0. The summed E-state index contributed by atoms with van der Waals surface area (Å²) in [6, 6.07) is 14.2. The fourth-order valence-electron chi connectivity index (χ4n) is 3.53. The highest BCUT2D eigenvalue weighted by molar-refractivity contribution is 6.13. The maximum atomic E-state index is 13.2. The third-order valence-corrected chi connectivity index (χ3v) is 5.05. The van der Waals surface area contributed by atoms with E-state index in [4.69, 9.17) is 0 Å². The predicted octanol–water partition coefficient (Wildman–Crippen LogP) is 4.33. The smallest absolute Gasteiger partial charge is 0.298 e. The van der Waals surface area contributed by atoms with E-state index in [1.165, 1.54) is 19.1 Å². The highest BCUT2D eigenvalue weighted by Crippen LogP contribution is 2.66. The van der Waals surface area contributed by atoms with Crippen molar-refractivity contribution < 1.29 is 22.8 Å². The summed E-state index contributed by atoms with van der Waals surface area (Å²) in [4.78, 5) is 25.3. The Morgan fingerprint density at radius 2 is 1.62 bits per heavy atom. The minimum atomic E-state index is -4.51. The van der Waals surface area contributed by atoms with E-state index in [-0.39, 0.29) is 12.0 Å². The number of rotatable bonds is 4. The topological polar surface area (TPSA) is 57.9 Å². The zero-order chi connectivity index (χ0) is 19.2. The molecule has 3 rings (SSSR count). The summed E-state index contributed by atoms with van der Waals surface area (Å²) in [7, 11) is 0. The molecule has 26 heavy (non-hydrogen) atoms. The van der Waals surface area contributed by atoms with Crippen molar-refractivity contribution in [1.29, 1.82) is 5.26 Å². The molecular weight excluding hydrogens is 343 g/mol. The summed E-state index contributed by atoms with van der Waals surface area (Å²) in [6.45, 7) is 1.23. The van der Waals surface area contributed by atoms with Crippen LogP contribution in [0, 0.1) is 16.7 Å². The standard InChI is InChI=1S/C20H14F3NO2/c1-13(25)18(12-24)11-19(18,17(26)14-5-3-2-4-6-14)15-7-9-16(10-8-15)20(21,22)23/h2-10H,11H2,1H3. The number of halogens is 3. The third-order valence-electron chi connectivity index (χ3n) is 5.05. The van der Waals surface area contributed by atoms with Crippen LogP contribution in [0.3, 0.4) is 0 Å². The lowest BCUT2D eigenvalue weighted by Crippen LogP contribution is -2.31. The SMILES string of the molecule is CC(=O)C1(C#N)CC1(C(=O)c1ccccc1)c1ccc(C(F)(F)F)cc1. The van der Waals surface area contributed by atoms with Crippen molar-refractivity contribution in [3.63, 3.8) is 0 Å². The van der Waals surface area contributed by atoms with Crippen molar-refractivity contribution in [3.05, 3.63) is 71.3 Å². The molecule has 6 heteroatoms. The van der Waals surface area contributed by atoms with Crippen LogP contribution in [0.2, 0.25) is 0 Å². The first-order valence-electron chi connectivity index (χ1n) is 7.89. The van der Waals surface area contributed by atoms with Crippen molar-refractivity contribution in [1.82, 2.24) is 0 Å². The van der Waals surface area contributed by atoms with Crippen LogP contribution in [0.1, 0.15) is 34.8 Å².